The fourth-order valence-corrected chi connectivity index (χ4v) is 9.34. The average Bonchev–Trinajstić information content (AvgIpc) is 2.42. The van der Waals surface area contributed by atoms with E-state index in [1.165, 1.54) is 0 Å². The van der Waals surface area contributed by atoms with Crippen molar-refractivity contribution >= 4 is 28.3 Å². The molecule has 0 aromatic heterocycles. The second kappa shape index (κ2) is 9.00. The zero-order valence-corrected chi connectivity index (χ0v) is 22.0. The molecule has 0 aliphatic carbocycles. The van der Waals surface area contributed by atoms with Gasteiger partial charge in [-0.05, 0) is 49.9 Å². The molecule has 0 aromatic carbocycles. The van der Waals surface area contributed by atoms with Gasteiger partial charge in [-0.3, -0.25) is 9.59 Å². The molecule has 5 nitrogen and oxygen atoms in total. The monoisotopic (exact) mass is 432 g/mol. The van der Waals surface area contributed by atoms with Gasteiger partial charge in [-0.2, -0.15) is 0 Å². The highest BCUT2D eigenvalue weighted by Crippen LogP contribution is 2.49. The van der Waals surface area contributed by atoms with E-state index >= 15 is 0 Å². The zero-order valence-electron chi connectivity index (χ0n) is 20.0. The summed E-state index contributed by atoms with van der Waals surface area (Å²) in [4.78, 5) is 22.2. The van der Waals surface area contributed by atoms with Crippen LogP contribution in [0.2, 0.25) is 36.3 Å². The molecule has 28 heavy (non-hydrogen) atoms. The van der Waals surface area contributed by atoms with Gasteiger partial charge in [0, 0.05) is 5.22 Å². The molecule has 166 valence electrons. The van der Waals surface area contributed by atoms with Crippen LogP contribution in [-0.4, -0.2) is 43.8 Å². The predicted octanol–water partition coefficient (Wildman–Crippen LogP) is 6.16. The van der Waals surface area contributed by atoms with Gasteiger partial charge in [0.05, 0.1) is 20.4 Å². The zero-order chi connectivity index (χ0) is 22.8. The van der Waals surface area contributed by atoms with Gasteiger partial charge in [0.15, 0.2) is 8.32 Å². The molecule has 0 saturated heterocycles. The molecule has 0 radical (unpaired) electrons. The van der Waals surface area contributed by atoms with Crippen molar-refractivity contribution in [3.8, 4) is 0 Å². The maximum atomic E-state index is 11.3. The Hall–Kier alpha value is -0.666. The van der Waals surface area contributed by atoms with Crippen LogP contribution >= 0.6 is 0 Å². The van der Waals surface area contributed by atoms with Crippen LogP contribution in [0.15, 0.2) is 0 Å². The summed E-state index contributed by atoms with van der Waals surface area (Å²) in [6.45, 7) is 25.1. The SMILES string of the molecule is CC(C)(CCCC(CC(=O)O)C(=O)O)[Si](C)(C)OC(C)(C)[Si](C)(C)C(C)(C)C. The first-order valence-corrected chi connectivity index (χ1v) is 16.2. The molecule has 0 bridgehead atoms. The van der Waals surface area contributed by atoms with E-state index in [9.17, 15) is 14.7 Å². The molecule has 1 unspecified atom stereocenters. The average molecular weight is 433 g/mol. The molecule has 0 fully saturated rings. The van der Waals surface area contributed by atoms with Crippen molar-refractivity contribution in [2.45, 2.75) is 116 Å². The topological polar surface area (TPSA) is 83.8 Å². The minimum absolute atomic E-state index is 0.0427. The lowest BCUT2D eigenvalue weighted by atomic mass is 9.95. The molecular formula is C21H44O5Si2. The van der Waals surface area contributed by atoms with Crippen LogP contribution in [0.4, 0.5) is 0 Å². The quantitative estimate of drug-likeness (QED) is 0.382. The minimum Gasteiger partial charge on any atom is -0.481 e. The lowest BCUT2D eigenvalue weighted by Gasteiger charge is -2.54. The summed E-state index contributed by atoms with van der Waals surface area (Å²) in [6.07, 6.45) is 1.60. The summed E-state index contributed by atoms with van der Waals surface area (Å²) in [5, 5.41) is 18.2. The van der Waals surface area contributed by atoms with Crippen molar-refractivity contribution in [3.63, 3.8) is 0 Å². The standard InChI is InChI=1S/C21H44O5Si2/c1-19(2,3)27(8,9)21(6,7)26-28(10,11)20(4,5)14-12-13-16(18(24)25)15-17(22)23/h16H,12-15H2,1-11H3,(H,22,23)(H,24,25). The van der Waals surface area contributed by atoms with Crippen LogP contribution in [-0.2, 0) is 14.0 Å². The molecule has 2 N–H and O–H groups in total. The van der Waals surface area contributed by atoms with Crippen molar-refractivity contribution in [1.82, 2.24) is 0 Å². The lowest BCUT2D eigenvalue weighted by Crippen LogP contribution is -2.62. The third kappa shape index (κ3) is 6.70. The molecule has 1 atom stereocenters. The Morgan fingerprint density at radius 1 is 0.929 bits per heavy atom. The van der Waals surface area contributed by atoms with Crippen molar-refractivity contribution in [1.29, 1.82) is 0 Å². The molecule has 0 rings (SSSR count). The van der Waals surface area contributed by atoms with Crippen LogP contribution in [0, 0.1) is 5.92 Å². The van der Waals surface area contributed by atoms with Crippen molar-refractivity contribution in [2.24, 2.45) is 5.92 Å². The number of carboxylic acid groups (broad SMARTS) is 2. The first-order valence-electron chi connectivity index (χ1n) is 10.3. The summed E-state index contributed by atoms with van der Waals surface area (Å²) < 4.78 is 6.94. The first kappa shape index (κ1) is 27.3. The lowest BCUT2D eigenvalue weighted by molar-refractivity contribution is -0.148. The second-order valence-corrected chi connectivity index (χ2v) is 21.9. The maximum Gasteiger partial charge on any atom is 0.307 e. The van der Waals surface area contributed by atoms with Crippen LogP contribution in [0.3, 0.4) is 0 Å². The number of carbonyl (C=O) groups is 2. The smallest absolute Gasteiger partial charge is 0.307 e. The number of carboxylic acids is 2. The second-order valence-electron chi connectivity index (χ2n) is 11.4. The van der Waals surface area contributed by atoms with E-state index in [2.05, 4.69) is 74.7 Å². The molecule has 0 heterocycles. The van der Waals surface area contributed by atoms with Crippen LogP contribution < -0.4 is 0 Å². The van der Waals surface area contributed by atoms with Crippen molar-refractivity contribution in [3.05, 3.63) is 0 Å². The van der Waals surface area contributed by atoms with Crippen LogP contribution in [0.1, 0.15) is 74.1 Å². The number of hydrogen-bond acceptors (Lipinski definition) is 3. The van der Waals surface area contributed by atoms with Gasteiger partial charge in [0.2, 0.25) is 0 Å². The van der Waals surface area contributed by atoms with Gasteiger partial charge in [-0.25, -0.2) is 0 Å². The first-order chi connectivity index (χ1) is 12.2. The Morgan fingerprint density at radius 3 is 1.75 bits per heavy atom. The fourth-order valence-electron chi connectivity index (χ4n) is 3.42. The molecule has 0 aliphatic heterocycles. The molecule has 0 amide bonds. The molecule has 0 saturated carbocycles. The number of aliphatic carboxylic acids is 2. The summed E-state index contributed by atoms with van der Waals surface area (Å²) in [7, 11) is -3.85. The molecule has 0 spiro atoms. The predicted molar refractivity (Wildman–Crippen MR) is 121 cm³/mol. The van der Waals surface area contributed by atoms with E-state index < -0.39 is 34.2 Å². The Kier molecular flexibility index (Phi) is 8.79. The highest BCUT2D eigenvalue weighted by Gasteiger charge is 2.53. The fraction of sp³-hybridized carbons (Fsp3) is 0.905. The van der Waals surface area contributed by atoms with Crippen molar-refractivity contribution < 1.29 is 24.2 Å². The molecular weight excluding hydrogens is 388 g/mol. The van der Waals surface area contributed by atoms with E-state index in [-0.39, 0.29) is 21.7 Å². The number of rotatable bonds is 11. The Balaban J connectivity index is 5.23. The maximum absolute atomic E-state index is 11.3. The molecule has 0 aliphatic rings. The van der Waals surface area contributed by atoms with Gasteiger partial charge >= 0.3 is 11.9 Å². The van der Waals surface area contributed by atoms with E-state index in [1.54, 1.807) is 0 Å². The third-order valence-corrected chi connectivity index (χ3v) is 19.2. The Labute approximate surface area is 174 Å². The van der Waals surface area contributed by atoms with Crippen LogP contribution in [0.25, 0.3) is 0 Å². The van der Waals surface area contributed by atoms with Gasteiger partial charge in [-0.1, -0.05) is 54.1 Å². The normalized spacial score (nSPS) is 15.4. The summed E-state index contributed by atoms with van der Waals surface area (Å²) in [5.41, 5.74) is 0. The summed E-state index contributed by atoms with van der Waals surface area (Å²) in [6, 6.07) is 0. The summed E-state index contributed by atoms with van der Waals surface area (Å²) >= 11 is 0. The van der Waals surface area contributed by atoms with Crippen molar-refractivity contribution in [2.75, 3.05) is 0 Å². The van der Waals surface area contributed by atoms with E-state index in [0.717, 1.165) is 6.42 Å². The Bertz CT molecular complexity index is 560. The minimum atomic E-state index is -2.12. The Morgan fingerprint density at radius 2 is 1.39 bits per heavy atom. The largest absolute Gasteiger partial charge is 0.481 e. The molecule has 0 aromatic rings. The van der Waals surface area contributed by atoms with E-state index in [0.29, 0.717) is 12.8 Å². The number of hydrogen-bond donors (Lipinski definition) is 2. The van der Waals surface area contributed by atoms with E-state index in [4.69, 9.17) is 9.53 Å². The highest BCUT2D eigenvalue weighted by molar-refractivity contribution is 6.84. The van der Waals surface area contributed by atoms with Gasteiger partial charge in [-0.15, -0.1) is 0 Å². The molecule has 7 heteroatoms. The van der Waals surface area contributed by atoms with Crippen LogP contribution in [0.5, 0.6) is 0 Å². The van der Waals surface area contributed by atoms with Gasteiger partial charge in [0.25, 0.3) is 0 Å². The third-order valence-electron chi connectivity index (χ3n) is 7.64. The van der Waals surface area contributed by atoms with Gasteiger partial charge < -0.3 is 14.6 Å². The highest BCUT2D eigenvalue weighted by atomic mass is 28.4. The van der Waals surface area contributed by atoms with E-state index in [1.807, 2.05) is 0 Å². The summed E-state index contributed by atoms with van der Waals surface area (Å²) in [5.74, 6) is -2.89. The van der Waals surface area contributed by atoms with Gasteiger partial charge in [0.1, 0.15) is 0 Å².